The number of halogens is 3. The number of para-hydroxylation sites is 1. The van der Waals surface area contributed by atoms with E-state index in [-0.39, 0.29) is 17.1 Å². The van der Waals surface area contributed by atoms with Crippen molar-refractivity contribution in [2.24, 2.45) is 0 Å². The molecule has 0 atom stereocenters. The fourth-order valence-electron chi connectivity index (χ4n) is 5.80. The smallest absolute Gasteiger partial charge is 0.404 e. The number of hydrogen-bond donors (Lipinski definition) is 0. The molecule has 5 nitrogen and oxygen atoms in total. The average Bonchev–Trinajstić information content (AvgIpc) is 3.33. The van der Waals surface area contributed by atoms with Gasteiger partial charge in [0.15, 0.2) is 6.20 Å². The van der Waals surface area contributed by atoms with Crippen molar-refractivity contribution >= 4 is 63.9 Å². The largest absolute Gasteiger partial charge is 0.465 e. The van der Waals surface area contributed by atoms with Crippen molar-refractivity contribution in [2.45, 2.75) is 5.92 Å². The molecule has 0 aliphatic heterocycles. The number of esters is 2. The number of fused-ring (bicyclic) bond motifs is 4. The minimum atomic E-state index is -0.738. The van der Waals surface area contributed by atoms with Crippen LogP contribution in [0.15, 0.2) is 103 Å². The van der Waals surface area contributed by atoms with Crippen molar-refractivity contribution in [3.63, 3.8) is 0 Å². The molecule has 0 spiro atoms. The van der Waals surface area contributed by atoms with Crippen LogP contribution in [0.5, 0.6) is 0 Å². The molecular formula is C36H25Cl2FNO4+. The summed E-state index contributed by atoms with van der Waals surface area (Å²) in [7, 11) is 2.54. The Morgan fingerprint density at radius 1 is 0.773 bits per heavy atom. The molecule has 218 valence electrons. The first-order chi connectivity index (χ1) is 21.3. The van der Waals surface area contributed by atoms with Gasteiger partial charge in [0.2, 0.25) is 5.52 Å². The third-order valence-electron chi connectivity index (χ3n) is 7.69. The number of pyridine rings is 1. The molecule has 0 N–H and O–H groups in total. The number of ether oxygens (including phenoxy) is 2. The molecule has 44 heavy (non-hydrogen) atoms. The SMILES string of the molecule is COC(=O)/C(=C(/C(=O)OC)[n+]1ccc(/C=C/c2cccc(F)c2)c2ccccc21)C1c2cc(Cl)ccc2-c2ccc(Cl)cc21. The van der Waals surface area contributed by atoms with Crippen LogP contribution in [-0.4, -0.2) is 26.2 Å². The van der Waals surface area contributed by atoms with Gasteiger partial charge in [-0.25, -0.2) is 14.0 Å². The number of rotatable bonds is 6. The fourth-order valence-corrected chi connectivity index (χ4v) is 6.16. The third-order valence-corrected chi connectivity index (χ3v) is 8.16. The van der Waals surface area contributed by atoms with Crippen molar-refractivity contribution < 1.29 is 28.0 Å². The van der Waals surface area contributed by atoms with Crippen LogP contribution in [0.25, 0.3) is 39.9 Å². The van der Waals surface area contributed by atoms with E-state index in [9.17, 15) is 14.0 Å². The van der Waals surface area contributed by atoms with Gasteiger partial charge in [0.25, 0.3) is 0 Å². The highest BCUT2D eigenvalue weighted by Crippen LogP contribution is 2.50. The molecule has 1 aliphatic rings. The van der Waals surface area contributed by atoms with Gasteiger partial charge in [-0.15, -0.1) is 0 Å². The molecule has 0 radical (unpaired) electrons. The second-order valence-electron chi connectivity index (χ2n) is 10.2. The fraction of sp³-hybridized carbons (Fsp3) is 0.0833. The van der Waals surface area contributed by atoms with Crippen molar-refractivity contribution in [3.05, 3.63) is 141 Å². The zero-order chi connectivity index (χ0) is 31.0. The van der Waals surface area contributed by atoms with Crippen LogP contribution in [0, 0.1) is 5.82 Å². The van der Waals surface area contributed by atoms with Gasteiger partial charge in [-0.2, -0.15) is 4.57 Å². The highest BCUT2D eigenvalue weighted by molar-refractivity contribution is 6.31. The Morgan fingerprint density at radius 3 is 2.07 bits per heavy atom. The summed E-state index contributed by atoms with van der Waals surface area (Å²) in [6, 6.07) is 26.5. The van der Waals surface area contributed by atoms with E-state index < -0.39 is 17.9 Å². The Morgan fingerprint density at radius 2 is 1.43 bits per heavy atom. The molecule has 1 aromatic heterocycles. The van der Waals surface area contributed by atoms with Crippen LogP contribution in [0.1, 0.15) is 28.2 Å². The molecule has 6 rings (SSSR count). The second-order valence-corrected chi connectivity index (χ2v) is 11.1. The molecule has 0 amide bonds. The van der Waals surface area contributed by atoms with E-state index in [2.05, 4.69) is 0 Å². The highest BCUT2D eigenvalue weighted by atomic mass is 35.5. The first-order valence-corrected chi connectivity index (χ1v) is 14.4. The van der Waals surface area contributed by atoms with Gasteiger partial charge in [0, 0.05) is 28.1 Å². The number of benzene rings is 4. The number of hydrogen-bond acceptors (Lipinski definition) is 4. The summed E-state index contributed by atoms with van der Waals surface area (Å²) in [5.74, 6) is -2.51. The molecule has 0 bridgehead atoms. The summed E-state index contributed by atoms with van der Waals surface area (Å²) in [6.45, 7) is 0. The Hall–Kier alpha value is -4.78. The molecule has 0 saturated carbocycles. The van der Waals surface area contributed by atoms with Crippen molar-refractivity contribution in [3.8, 4) is 11.1 Å². The maximum Gasteiger partial charge on any atom is 0.404 e. The Bertz CT molecular complexity index is 1980. The first-order valence-electron chi connectivity index (χ1n) is 13.7. The maximum absolute atomic E-state index is 13.8. The van der Waals surface area contributed by atoms with Gasteiger partial charge in [0.05, 0.1) is 19.6 Å². The first kappa shape index (κ1) is 29.3. The van der Waals surface area contributed by atoms with E-state index in [1.54, 1.807) is 47.2 Å². The Kier molecular flexibility index (Phi) is 8.04. The van der Waals surface area contributed by atoms with E-state index in [0.717, 1.165) is 33.2 Å². The number of nitrogens with zero attached hydrogens (tertiary/aromatic N) is 1. The molecular weight excluding hydrogens is 600 g/mol. The second kappa shape index (κ2) is 12.1. The number of aromatic nitrogens is 1. The summed E-state index contributed by atoms with van der Waals surface area (Å²) in [5.41, 5.74) is 5.40. The van der Waals surface area contributed by atoms with Crippen LogP contribution in [0.2, 0.25) is 10.0 Å². The van der Waals surface area contributed by atoms with E-state index >= 15 is 0 Å². The highest BCUT2D eigenvalue weighted by Gasteiger charge is 2.43. The Labute approximate surface area is 263 Å². The molecule has 5 aromatic rings. The molecule has 0 fully saturated rings. The lowest BCUT2D eigenvalue weighted by atomic mass is 9.87. The normalized spacial score (nSPS) is 13.0. The average molecular weight is 626 g/mol. The third kappa shape index (κ3) is 5.27. The molecule has 0 unspecified atom stereocenters. The minimum absolute atomic E-state index is 0.0139. The topological polar surface area (TPSA) is 56.5 Å². The van der Waals surface area contributed by atoms with Gasteiger partial charge in [-0.1, -0.05) is 71.8 Å². The van der Waals surface area contributed by atoms with E-state index in [1.165, 1.54) is 26.4 Å². The summed E-state index contributed by atoms with van der Waals surface area (Å²) in [4.78, 5) is 27.6. The zero-order valence-electron chi connectivity index (χ0n) is 23.7. The number of carbonyl (C=O) groups is 2. The molecule has 1 heterocycles. The van der Waals surface area contributed by atoms with E-state index in [4.69, 9.17) is 32.7 Å². The lowest BCUT2D eigenvalue weighted by Gasteiger charge is -2.18. The standard InChI is InChI=1S/C36H25Cl2FNO4/c1-43-35(41)33(32-29-19-23(37)12-14-27(29)28-15-13-24(38)20-30(28)32)34(36(42)44-2)40-17-16-22(26-8-3-4-9-31(26)40)11-10-21-6-5-7-25(39)18-21/h3-20,32H,1-2H3/q+1/b11-10+,34-33-. The van der Waals surface area contributed by atoms with Gasteiger partial charge in [-0.3, -0.25) is 0 Å². The predicted molar refractivity (Wildman–Crippen MR) is 170 cm³/mol. The van der Waals surface area contributed by atoms with Crippen molar-refractivity contribution in [2.75, 3.05) is 14.2 Å². The maximum atomic E-state index is 13.8. The van der Waals surface area contributed by atoms with Gasteiger partial charge >= 0.3 is 17.6 Å². The van der Waals surface area contributed by atoms with Gasteiger partial charge in [-0.05, 0) is 75.8 Å². The van der Waals surface area contributed by atoms with Gasteiger partial charge < -0.3 is 9.47 Å². The predicted octanol–water partition coefficient (Wildman–Crippen LogP) is 8.11. The van der Waals surface area contributed by atoms with Crippen molar-refractivity contribution in [1.29, 1.82) is 0 Å². The number of methoxy groups -OCH3 is 2. The summed E-state index contributed by atoms with van der Waals surface area (Å²) < 4.78 is 26.0. The van der Waals surface area contributed by atoms with Crippen LogP contribution in [-0.2, 0) is 19.1 Å². The van der Waals surface area contributed by atoms with Crippen LogP contribution in [0.3, 0.4) is 0 Å². The van der Waals surface area contributed by atoms with E-state index in [1.807, 2.05) is 54.6 Å². The molecule has 0 saturated heterocycles. The number of carbonyl (C=O) groups excluding carboxylic acids is 2. The summed E-state index contributed by atoms with van der Waals surface area (Å²) >= 11 is 12.9. The van der Waals surface area contributed by atoms with Gasteiger partial charge in [0.1, 0.15) is 11.4 Å². The van der Waals surface area contributed by atoms with Crippen LogP contribution < -0.4 is 4.57 Å². The summed E-state index contributed by atoms with van der Waals surface area (Å²) in [6.07, 6.45) is 5.39. The lowest BCUT2D eigenvalue weighted by Crippen LogP contribution is -2.40. The molecule has 4 aromatic carbocycles. The monoisotopic (exact) mass is 624 g/mol. The van der Waals surface area contributed by atoms with Crippen LogP contribution >= 0.6 is 23.2 Å². The quantitative estimate of drug-likeness (QED) is 0.109. The Balaban J connectivity index is 1.64. The lowest BCUT2D eigenvalue weighted by molar-refractivity contribution is -0.550. The molecule has 1 aliphatic carbocycles. The molecule has 8 heteroatoms. The van der Waals surface area contributed by atoms with E-state index in [0.29, 0.717) is 21.1 Å². The van der Waals surface area contributed by atoms with Crippen LogP contribution in [0.4, 0.5) is 4.39 Å². The zero-order valence-corrected chi connectivity index (χ0v) is 25.2. The minimum Gasteiger partial charge on any atom is -0.465 e. The van der Waals surface area contributed by atoms with Crippen molar-refractivity contribution in [1.82, 2.24) is 0 Å². The summed E-state index contributed by atoms with van der Waals surface area (Å²) in [5, 5.41) is 1.74.